The Morgan fingerprint density at radius 1 is 0.467 bits per heavy atom. The Morgan fingerprint density at radius 3 is 1.24 bits per heavy atom. The van der Waals surface area contributed by atoms with Crippen LogP contribution in [0.2, 0.25) is 0 Å². The molecule has 0 aromatic rings. The van der Waals surface area contributed by atoms with E-state index in [0.717, 1.165) is 89.9 Å². The summed E-state index contributed by atoms with van der Waals surface area (Å²) < 4.78 is 30.7. The molecule has 0 radical (unpaired) electrons. The maximum absolute atomic E-state index is 13.5. The van der Waals surface area contributed by atoms with Crippen LogP contribution in [0.1, 0.15) is 290 Å². The molecule has 0 heterocycles. The van der Waals surface area contributed by atoms with Crippen LogP contribution in [0.5, 0.6) is 0 Å². The molecule has 0 aliphatic rings. The number of amides is 1. The highest BCUT2D eigenvalue weighted by molar-refractivity contribution is 7.47. The Labute approximate surface area is 464 Å². The third kappa shape index (κ3) is 56.2. The number of hydrogen-bond acceptors (Lipinski definition) is 6. The minimum absolute atomic E-state index is 0.0389. The Morgan fingerprint density at radius 2 is 0.813 bits per heavy atom. The summed E-state index contributed by atoms with van der Waals surface area (Å²) in [6, 6.07) is -0.850. The Balaban J connectivity index is 5.10. The molecule has 9 nitrogen and oxygen atoms in total. The number of likely N-dealkylation sites (N-methyl/N-ethyl adjacent to an activating group) is 1. The number of esters is 1. The van der Waals surface area contributed by atoms with Crippen molar-refractivity contribution in [3.8, 4) is 0 Å². The van der Waals surface area contributed by atoms with Crippen LogP contribution in [0.15, 0.2) is 60.8 Å². The molecule has 0 rings (SSSR count). The van der Waals surface area contributed by atoms with Crippen LogP contribution < -0.4 is 5.32 Å². The van der Waals surface area contributed by atoms with E-state index in [9.17, 15) is 19.0 Å². The normalized spacial score (nSPS) is 14.1. The summed E-state index contributed by atoms with van der Waals surface area (Å²) in [6.45, 7) is 6.99. The zero-order chi connectivity index (χ0) is 55.0. The van der Waals surface area contributed by atoms with Crippen LogP contribution in [-0.4, -0.2) is 74.3 Å². The molecule has 10 heteroatoms. The second-order valence-corrected chi connectivity index (χ2v) is 24.0. The number of rotatable bonds is 57. The number of phosphoric ester groups is 1. The molecule has 0 saturated carbocycles. The molecule has 1 amide bonds. The molecule has 0 saturated heterocycles. The summed E-state index contributed by atoms with van der Waals surface area (Å²) in [5, 5.41) is 3.05. The molecule has 0 aromatic carbocycles. The number of carbonyl (C=O) groups is 2. The molecule has 0 aromatic heterocycles. The first kappa shape index (κ1) is 72.7. The SMILES string of the molecule is CCCCC/C=C\C/C=C\C/C=C\C/C=C\CCCCCCCCCCCC(=O)NC(COP(=O)(O)OCC[N+](C)(C)C)C(/C=C\CCCCCCCCCCC)OC(=O)CCCCCCCCCCCCCCC. The number of carbonyl (C=O) groups excluding carboxylic acids is 2. The summed E-state index contributed by atoms with van der Waals surface area (Å²) in [5.41, 5.74) is 0. The van der Waals surface area contributed by atoms with Gasteiger partial charge in [-0.1, -0.05) is 262 Å². The molecule has 0 fully saturated rings. The number of unbranched alkanes of at least 4 members (excludes halogenated alkanes) is 33. The number of allylic oxidation sites excluding steroid dienone is 9. The number of ether oxygens (including phenoxy) is 1. The lowest BCUT2D eigenvalue weighted by molar-refractivity contribution is -0.870. The molecule has 2 N–H and O–H groups in total. The van der Waals surface area contributed by atoms with Gasteiger partial charge in [-0.15, -0.1) is 0 Å². The standard InChI is InChI=1S/C65H121N2O7P/c1-7-10-13-16-19-22-25-27-28-29-30-31-32-33-34-35-36-37-38-40-42-45-48-51-54-57-64(68)66-62(61-73-75(70,71)72-60-59-67(4,5)6)63(56-53-50-47-44-41-24-21-18-15-12-9-3)74-65(69)58-55-52-49-46-43-39-26-23-20-17-14-11-8-2/h19,22,27-28,30-31,33-34,53,56,62-63H,7-18,20-21,23-26,29,32,35-52,54-55,57-61H2,1-6H3,(H-,66,68,70,71)/p+1/b22-19-,28-27-,31-30-,34-33-,56-53-. The van der Waals surface area contributed by atoms with Gasteiger partial charge in [0.05, 0.1) is 33.8 Å². The molecule has 0 aliphatic carbocycles. The molecule has 0 bridgehead atoms. The highest BCUT2D eigenvalue weighted by Crippen LogP contribution is 2.43. The number of quaternary nitrogens is 1. The molecule has 3 atom stereocenters. The van der Waals surface area contributed by atoms with Gasteiger partial charge in [-0.05, 0) is 76.7 Å². The fourth-order valence-electron chi connectivity index (χ4n) is 9.04. The quantitative estimate of drug-likeness (QED) is 0.0205. The number of nitrogens with zero attached hydrogens (tertiary/aromatic N) is 1. The first-order valence-electron chi connectivity index (χ1n) is 31.6. The van der Waals surface area contributed by atoms with E-state index in [1.807, 2.05) is 33.3 Å². The van der Waals surface area contributed by atoms with E-state index < -0.39 is 20.0 Å². The number of phosphoric acid groups is 1. The fourth-order valence-corrected chi connectivity index (χ4v) is 9.78. The summed E-state index contributed by atoms with van der Waals surface area (Å²) in [4.78, 5) is 37.7. The van der Waals surface area contributed by atoms with Crippen LogP contribution >= 0.6 is 7.82 Å². The lowest BCUT2D eigenvalue weighted by Gasteiger charge is -2.27. The summed E-state index contributed by atoms with van der Waals surface area (Å²) >= 11 is 0. The van der Waals surface area contributed by atoms with E-state index in [-0.39, 0.29) is 25.1 Å². The molecule has 0 aliphatic heterocycles. The predicted molar refractivity (Wildman–Crippen MR) is 323 cm³/mol. The van der Waals surface area contributed by atoms with Crippen LogP contribution in [-0.2, 0) is 27.9 Å². The van der Waals surface area contributed by atoms with E-state index in [2.05, 4.69) is 74.7 Å². The fraction of sp³-hybridized carbons (Fsp3) is 0.815. The largest absolute Gasteiger partial charge is 0.472 e. The van der Waals surface area contributed by atoms with Crippen LogP contribution in [0.3, 0.4) is 0 Å². The maximum Gasteiger partial charge on any atom is 0.472 e. The second kappa shape index (κ2) is 55.0. The minimum atomic E-state index is -4.45. The van der Waals surface area contributed by atoms with Gasteiger partial charge in [0.2, 0.25) is 5.91 Å². The smallest absolute Gasteiger partial charge is 0.456 e. The summed E-state index contributed by atoms with van der Waals surface area (Å²) in [7, 11) is 1.49. The molecular weight excluding hydrogens is 952 g/mol. The van der Waals surface area contributed by atoms with E-state index in [1.165, 1.54) is 167 Å². The van der Waals surface area contributed by atoms with Crippen molar-refractivity contribution in [2.75, 3.05) is 40.9 Å². The van der Waals surface area contributed by atoms with Crippen molar-refractivity contribution >= 4 is 19.7 Å². The van der Waals surface area contributed by atoms with Gasteiger partial charge in [-0.25, -0.2) is 4.57 Å². The lowest BCUT2D eigenvalue weighted by atomic mass is 10.0. The van der Waals surface area contributed by atoms with Gasteiger partial charge < -0.3 is 19.4 Å². The zero-order valence-corrected chi connectivity index (χ0v) is 50.9. The first-order valence-corrected chi connectivity index (χ1v) is 33.1. The predicted octanol–water partition coefficient (Wildman–Crippen LogP) is 19.4. The molecular formula is C65H122N2O7P+. The maximum atomic E-state index is 13.5. The molecule has 3 unspecified atom stereocenters. The summed E-state index contributed by atoms with van der Waals surface area (Å²) in [6.07, 6.45) is 69.3. The molecule has 75 heavy (non-hydrogen) atoms. The Kier molecular flexibility index (Phi) is 53.4. The van der Waals surface area contributed by atoms with E-state index in [1.54, 1.807) is 0 Å². The van der Waals surface area contributed by atoms with Gasteiger partial charge in [-0.2, -0.15) is 0 Å². The van der Waals surface area contributed by atoms with E-state index >= 15 is 0 Å². The van der Waals surface area contributed by atoms with Gasteiger partial charge >= 0.3 is 13.8 Å². The van der Waals surface area contributed by atoms with E-state index in [0.29, 0.717) is 23.9 Å². The monoisotopic (exact) mass is 1070 g/mol. The van der Waals surface area contributed by atoms with Crippen molar-refractivity contribution in [2.24, 2.45) is 0 Å². The lowest BCUT2D eigenvalue weighted by Crippen LogP contribution is -2.47. The van der Waals surface area contributed by atoms with Crippen molar-refractivity contribution in [2.45, 2.75) is 303 Å². The Hall–Kier alpha value is -2.29. The van der Waals surface area contributed by atoms with E-state index in [4.69, 9.17) is 13.8 Å². The van der Waals surface area contributed by atoms with Crippen molar-refractivity contribution in [3.05, 3.63) is 60.8 Å². The van der Waals surface area contributed by atoms with Gasteiger partial charge in [0.25, 0.3) is 0 Å². The van der Waals surface area contributed by atoms with Crippen molar-refractivity contribution < 1.29 is 37.3 Å². The number of nitrogens with one attached hydrogen (secondary N) is 1. The number of hydrogen-bond donors (Lipinski definition) is 2. The molecule has 0 spiro atoms. The third-order valence-electron chi connectivity index (χ3n) is 14.0. The highest BCUT2D eigenvalue weighted by Gasteiger charge is 2.30. The average Bonchev–Trinajstić information content (AvgIpc) is 3.37. The first-order chi connectivity index (χ1) is 36.4. The van der Waals surface area contributed by atoms with Crippen molar-refractivity contribution in [1.82, 2.24) is 5.32 Å². The second-order valence-electron chi connectivity index (χ2n) is 22.6. The molecule has 438 valence electrons. The average molecular weight is 1070 g/mol. The summed E-state index contributed by atoms with van der Waals surface area (Å²) in [5.74, 6) is -0.505. The van der Waals surface area contributed by atoms with Crippen LogP contribution in [0.25, 0.3) is 0 Å². The van der Waals surface area contributed by atoms with Crippen LogP contribution in [0.4, 0.5) is 0 Å². The van der Waals surface area contributed by atoms with Gasteiger partial charge in [0.15, 0.2) is 0 Å². The van der Waals surface area contributed by atoms with Crippen molar-refractivity contribution in [1.29, 1.82) is 0 Å². The van der Waals surface area contributed by atoms with Crippen LogP contribution in [0, 0.1) is 0 Å². The highest BCUT2D eigenvalue weighted by atomic mass is 31.2. The Bertz CT molecular complexity index is 1470. The topological polar surface area (TPSA) is 111 Å². The van der Waals surface area contributed by atoms with Crippen molar-refractivity contribution in [3.63, 3.8) is 0 Å². The van der Waals surface area contributed by atoms with Gasteiger partial charge in [0.1, 0.15) is 19.3 Å². The minimum Gasteiger partial charge on any atom is -0.456 e. The third-order valence-corrected chi connectivity index (χ3v) is 14.9. The van der Waals surface area contributed by atoms with Gasteiger partial charge in [0, 0.05) is 12.8 Å². The van der Waals surface area contributed by atoms with Gasteiger partial charge in [-0.3, -0.25) is 18.6 Å². The zero-order valence-electron chi connectivity index (χ0n) is 50.0.